The van der Waals surface area contributed by atoms with E-state index in [-0.39, 0.29) is 24.0 Å². The van der Waals surface area contributed by atoms with Crippen molar-refractivity contribution >= 4 is 0 Å². The fourth-order valence-corrected chi connectivity index (χ4v) is 2.38. The molecule has 128 valence electrons. The van der Waals surface area contributed by atoms with Gasteiger partial charge in [0.25, 0.3) is 0 Å². The Labute approximate surface area is 137 Å². The first-order chi connectivity index (χ1) is 11.9. The van der Waals surface area contributed by atoms with Gasteiger partial charge in [-0.3, -0.25) is 9.51 Å². The van der Waals surface area contributed by atoms with E-state index in [4.69, 9.17) is 9.47 Å². The van der Waals surface area contributed by atoms with E-state index in [0.717, 1.165) is 12.1 Å². The summed E-state index contributed by atoms with van der Waals surface area (Å²) in [5.74, 6) is -0.0555. The number of pyridine rings is 1. The molecule has 0 spiro atoms. The molecule has 0 radical (unpaired) electrons. The van der Waals surface area contributed by atoms with E-state index < -0.39 is 17.5 Å². The van der Waals surface area contributed by atoms with Crippen molar-refractivity contribution in [3.63, 3.8) is 0 Å². The van der Waals surface area contributed by atoms with Crippen molar-refractivity contribution in [3.8, 4) is 34.3 Å². The maximum atomic E-state index is 12.7. The molecule has 25 heavy (non-hydrogen) atoms. The second kappa shape index (κ2) is 5.36. The topological polar surface area (TPSA) is 90.2 Å². The standard InChI is InChI=1S/C15H8F3N3O4/c16-15(17,18)8-3-1-7(2-4-8)11-12-10(23-6-24-12)5-9(19-11)13-20-14(22)25-21-13/h1-5H,6H2,(H,20,21,22). The molecule has 0 atom stereocenters. The average Bonchev–Trinajstić information content (AvgIpc) is 3.21. The molecule has 3 heterocycles. The lowest BCUT2D eigenvalue weighted by Crippen LogP contribution is -2.04. The van der Waals surface area contributed by atoms with Gasteiger partial charge in [-0.15, -0.1) is 0 Å². The summed E-state index contributed by atoms with van der Waals surface area (Å²) in [5, 5.41) is 3.54. The summed E-state index contributed by atoms with van der Waals surface area (Å²) in [4.78, 5) is 17.8. The van der Waals surface area contributed by atoms with Gasteiger partial charge >= 0.3 is 11.9 Å². The van der Waals surface area contributed by atoms with Gasteiger partial charge in [-0.2, -0.15) is 13.2 Å². The Balaban J connectivity index is 1.84. The molecule has 2 aromatic heterocycles. The minimum Gasteiger partial charge on any atom is -0.453 e. The minimum absolute atomic E-state index is 0.0521. The Morgan fingerprint density at radius 3 is 2.52 bits per heavy atom. The number of alkyl halides is 3. The number of nitrogens with zero attached hydrogens (tertiary/aromatic N) is 2. The molecular formula is C15H8F3N3O4. The molecule has 1 N–H and O–H groups in total. The number of ether oxygens (including phenoxy) is 2. The zero-order valence-corrected chi connectivity index (χ0v) is 12.3. The van der Waals surface area contributed by atoms with Crippen LogP contribution in [0.25, 0.3) is 22.8 Å². The van der Waals surface area contributed by atoms with E-state index >= 15 is 0 Å². The number of aromatic nitrogens is 3. The number of nitrogens with one attached hydrogen (secondary N) is 1. The first-order valence-corrected chi connectivity index (χ1v) is 6.96. The van der Waals surface area contributed by atoms with Gasteiger partial charge in [-0.1, -0.05) is 17.3 Å². The molecule has 0 fully saturated rings. The van der Waals surface area contributed by atoms with E-state index in [0.29, 0.717) is 17.1 Å². The highest BCUT2D eigenvalue weighted by Gasteiger charge is 2.30. The SMILES string of the molecule is O=c1[nH]c(-c2cc3c(c(-c4ccc(C(F)(F)F)cc4)n2)OCO3)no1. The van der Waals surface area contributed by atoms with Crippen molar-refractivity contribution < 1.29 is 27.2 Å². The third kappa shape index (κ3) is 2.71. The third-order valence-corrected chi connectivity index (χ3v) is 3.53. The van der Waals surface area contributed by atoms with Crippen LogP contribution in [0.4, 0.5) is 13.2 Å². The Bertz CT molecular complexity index is 992. The van der Waals surface area contributed by atoms with E-state index in [9.17, 15) is 18.0 Å². The Morgan fingerprint density at radius 2 is 1.88 bits per heavy atom. The van der Waals surface area contributed by atoms with Gasteiger partial charge in [-0.25, -0.2) is 9.78 Å². The maximum absolute atomic E-state index is 12.7. The lowest BCUT2D eigenvalue weighted by molar-refractivity contribution is -0.137. The highest BCUT2D eigenvalue weighted by atomic mass is 19.4. The van der Waals surface area contributed by atoms with Crippen LogP contribution in [0.5, 0.6) is 11.5 Å². The van der Waals surface area contributed by atoms with Crippen LogP contribution in [0.2, 0.25) is 0 Å². The Morgan fingerprint density at radius 1 is 1.12 bits per heavy atom. The molecule has 1 aromatic carbocycles. The highest BCUT2D eigenvalue weighted by molar-refractivity contribution is 5.74. The molecule has 0 unspecified atom stereocenters. The van der Waals surface area contributed by atoms with Crippen molar-refractivity contribution in [3.05, 3.63) is 46.4 Å². The van der Waals surface area contributed by atoms with Crippen LogP contribution in [0.1, 0.15) is 5.56 Å². The zero-order chi connectivity index (χ0) is 17.6. The van der Waals surface area contributed by atoms with Crippen molar-refractivity contribution in [1.82, 2.24) is 15.1 Å². The predicted molar refractivity (Wildman–Crippen MR) is 76.9 cm³/mol. The van der Waals surface area contributed by atoms with E-state index in [1.807, 2.05) is 0 Å². The van der Waals surface area contributed by atoms with Gasteiger partial charge < -0.3 is 9.47 Å². The number of hydrogen-bond donors (Lipinski definition) is 1. The van der Waals surface area contributed by atoms with Crippen LogP contribution in [0.3, 0.4) is 0 Å². The molecule has 0 amide bonds. The number of halogens is 3. The number of benzene rings is 1. The summed E-state index contributed by atoms with van der Waals surface area (Å²) in [6.07, 6.45) is -4.43. The molecule has 1 aliphatic rings. The number of fused-ring (bicyclic) bond motifs is 1. The third-order valence-electron chi connectivity index (χ3n) is 3.53. The van der Waals surface area contributed by atoms with Gasteiger partial charge in [0.2, 0.25) is 12.6 Å². The lowest BCUT2D eigenvalue weighted by Gasteiger charge is -2.09. The molecule has 0 saturated carbocycles. The summed E-state index contributed by atoms with van der Waals surface area (Å²) in [6.45, 7) is -0.0521. The van der Waals surface area contributed by atoms with E-state index in [1.165, 1.54) is 18.2 Å². The molecule has 0 saturated heterocycles. The smallest absolute Gasteiger partial charge is 0.439 e. The Kier molecular flexibility index (Phi) is 3.27. The van der Waals surface area contributed by atoms with Crippen LogP contribution in [0, 0.1) is 0 Å². The summed E-state index contributed by atoms with van der Waals surface area (Å²) >= 11 is 0. The number of rotatable bonds is 2. The first-order valence-electron chi connectivity index (χ1n) is 6.96. The summed E-state index contributed by atoms with van der Waals surface area (Å²) in [7, 11) is 0. The molecule has 4 rings (SSSR count). The average molecular weight is 351 g/mol. The first kappa shape index (κ1) is 15.2. The van der Waals surface area contributed by atoms with Gasteiger partial charge in [0.05, 0.1) is 5.56 Å². The quantitative estimate of drug-likeness (QED) is 0.764. The maximum Gasteiger partial charge on any atom is 0.439 e. The molecule has 0 aliphatic carbocycles. The molecule has 10 heteroatoms. The van der Waals surface area contributed by atoms with Gasteiger partial charge in [-0.05, 0) is 12.1 Å². The molecule has 1 aliphatic heterocycles. The number of aromatic amines is 1. The fourth-order valence-electron chi connectivity index (χ4n) is 2.38. The molecule has 3 aromatic rings. The summed E-state index contributed by atoms with van der Waals surface area (Å²) < 4.78 is 53.3. The second-order valence-electron chi connectivity index (χ2n) is 5.11. The van der Waals surface area contributed by atoms with Crippen LogP contribution in [-0.4, -0.2) is 21.9 Å². The normalized spacial score (nSPS) is 13.2. The lowest BCUT2D eigenvalue weighted by atomic mass is 10.1. The predicted octanol–water partition coefficient (Wildman–Crippen LogP) is 2.84. The van der Waals surface area contributed by atoms with Crippen LogP contribution >= 0.6 is 0 Å². The van der Waals surface area contributed by atoms with Crippen LogP contribution in [0.15, 0.2) is 39.6 Å². The van der Waals surface area contributed by atoms with Crippen molar-refractivity contribution in [2.45, 2.75) is 6.18 Å². The van der Waals surface area contributed by atoms with Crippen molar-refractivity contribution in [2.75, 3.05) is 6.79 Å². The van der Waals surface area contributed by atoms with Gasteiger partial charge in [0.1, 0.15) is 11.4 Å². The molecule has 7 nitrogen and oxygen atoms in total. The number of H-pyrrole nitrogens is 1. The van der Waals surface area contributed by atoms with Gasteiger partial charge in [0, 0.05) is 11.6 Å². The fraction of sp³-hybridized carbons (Fsp3) is 0.133. The molecular weight excluding hydrogens is 343 g/mol. The molecule has 0 bridgehead atoms. The largest absolute Gasteiger partial charge is 0.453 e. The second-order valence-corrected chi connectivity index (χ2v) is 5.11. The van der Waals surface area contributed by atoms with Gasteiger partial charge in [0.15, 0.2) is 11.5 Å². The Hall–Kier alpha value is -3.30. The minimum atomic E-state index is -4.43. The summed E-state index contributed by atoms with van der Waals surface area (Å²) in [6, 6.07) is 5.95. The number of hydrogen-bond acceptors (Lipinski definition) is 6. The highest BCUT2D eigenvalue weighted by Crippen LogP contribution is 2.42. The monoisotopic (exact) mass is 351 g/mol. The van der Waals surface area contributed by atoms with E-state index in [1.54, 1.807) is 0 Å². The zero-order valence-electron chi connectivity index (χ0n) is 12.3. The summed E-state index contributed by atoms with van der Waals surface area (Å²) in [5.41, 5.74) is 0.108. The van der Waals surface area contributed by atoms with Crippen LogP contribution < -0.4 is 15.2 Å². The van der Waals surface area contributed by atoms with Crippen molar-refractivity contribution in [1.29, 1.82) is 0 Å². The van der Waals surface area contributed by atoms with E-state index in [2.05, 4.69) is 19.6 Å². The van der Waals surface area contributed by atoms with Crippen LogP contribution in [-0.2, 0) is 6.18 Å². The van der Waals surface area contributed by atoms with Crippen molar-refractivity contribution in [2.24, 2.45) is 0 Å².